The first kappa shape index (κ1) is 14.7. The van der Waals surface area contributed by atoms with Gasteiger partial charge in [0.25, 0.3) is 5.91 Å². The quantitative estimate of drug-likeness (QED) is 0.913. The average Bonchev–Trinajstić information content (AvgIpc) is 3.00. The lowest BCUT2D eigenvalue weighted by atomic mass is 10.0. The van der Waals surface area contributed by atoms with Crippen LogP contribution in [0.25, 0.3) is 5.82 Å². The third kappa shape index (κ3) is 2.76. The van der Waals surface area contributed by atoms with E-state index in [9.17, 15) is 9.59 Å². The smallest absolute Gasteiger partial charge is 0.329 e. The second-order valence-electron chi connectivity index (χ2n) is 5.10. The number of hydrogen-bond donors (Lipinski definition) is 1. The topological polar surface area (TPSA) is 88.3 Å². The van der Waals surface area contributed by atoms with Crippen molar-refractivity contribution in [1.82, 2.24) is 19.4 Å². The van der Waals surface area contributed by atoms with Crippen molar-refractivity contribution in [3.63, 3.8) is 0 Å². The van der Waals surface area contributed by atoms with Gasteiger partial charge in [-0.1, -0.05) is 0 Å². The number of likely N-dealkylation sites (N-methyl/N-ethyl adjacent to an activating group) is 1. The number of pyridine rings is 1. The SMILES string of the molecule is CN(C(=O)c1ccc(-n2ccnc2)nc1)C(C)(C)C(=O)O. The Morgan fingerprint density at radius 1 is 1.33 bits per heavy atom. The molecular formula is C14H16N4O3. The predicted octanol–water partition coefficient (Wildman–Crippen LogP) is 1.20. The molecule has 0 saturated carbocycles. The maximum atomic E-state index is 12.3. The van der Waals surface area contributed by atoms with Crippen LogP contribution in [-0.2, 0) is 4.79 Å². The molecule has 2 heterocycles. The third-order valence-corrected chi connectivity index (χ3v) is 3.43. The Morgan fingerprint density at radius 3 is 2.52 bits per heavy atom. The first-order valence-electron chi connectivity index (χ1n) is 6.30. The highest BCUT2D eigenvalue weighted by atomic mass is 16.4. The molecule has 0 unspecified atom stereocenters. The van der Waals surface area contributed by atoms with Crippen molar-refractivity contribution in [2.45, 2.75) is 19.4 Å². The fraction of sp³-hybridized carbons (Fsp3) is 0.286. The maximum absolute atomic E-state index is 12.3. The number of imidazole rings is 1. The van der Waals surface area contributed by atoms with Gasteiger partial charge in [-0.3, -0.25) is 9.36 Å². The lowest BCUT2D eigenvalue weighted by Crippen LogP contribution is -2.50. The number of amides is 1. The van der Waals surface area contributed by atoms with Gasteiger partial charge in [-0.15, -0.1) is 0 Å². The van der Waals surface area contributed by atoms with Crippen LogP contribution < -0.4 is 0 Å². The van der Waals surface area contributed by atoms with Crippen molar-refractivity contribution < 1.29 is 14.7 Å². The number of rotatable bonds is 4. The highest BCUT2D eigenvalue weighted by Gasteiger charge is 2.35. The molecule has 0 bridgehead atoms. The second kappa shape index (κ2) is 5.35. The number of carbonyl (C=O) groups is 2. The van der Waals surface area contributed by atoms with Crippen LogP contribution >= 0.6 is 0 Å². The Morgan fingerprint density at radius 2 is 2.05 bits per heavy atom. The van der Waals surface area contributed by atoms with E-state index in [0.717, 1.165) is 0 Å². The number of aromatic nitrogens is 3. The van der Waals surface area contributed by atoms with Gasteiger partial charge < -0.3 is 10.0 Å². The molecule has 0 saturated heterocycles. The summed E-state index contributed by atoms with van der Waals surface area (Å²) in [4.78, 5) is 32.8. The zero-order valence-corrected chi connectivity index (χ0v) is 12.0. The minimum absolute atomic E-state index is 0.329. The highest BCUT2D eigenvalue weighted by Crippen LogP contribution is 2.16. The van der Waals surface area contributed by atoms with Crippen LogP contribution in [0.15, 0.2) is 37.1 Å². The molecule has 2 aromatic rings. The summed E-state index contributed by atoms with van der Waals surface area (Å²) < 4.78 is 1.71. The summed E-state index contributed by atoms with van der Waals surface area (Å²) in [5.41, 5.74) is -0.962. The van der Waals surface area contributed by atoms with Crippen LogP contribution in [-0.4, -0.2) is 49.0 Å². The zero-order chi connectivity index (χ0) is 15.6. The van der Waals surface area contributed by atoms with Gasteiger partial charge in [0.2, 0.25) is 0 Å². The molecule has 1 N–H and O–H groups in total. The van der Waals surface area contributed by atoms with Gasteiger partial charge in [0.1, 0.15) is 17.7 Å². The molecule has 7 nitrogen and oxygen atoms in total. The molecule has 2 rings (SSSR count). The lowest BCUT2D eigenvalue weighted by molar-refractivity contribution is -0.147. The number of carboxylic acid groups (broad SMARTS) is 1. The number of carbonyl (C=O) groups excluding carboxylic acids is 1. The van der Waals surface area contributed by atoms with Crippen molar-refractivity contribution >= 4 is 11.9 Å². The van der Waals surface area contributed by atoms with Crippen molar-refractivity contribution in [3.05, 3.63) is 42.6 Å². The van der Waals surface area contributed by atoms with Gasteiger partial charge >= 0.3 is 5.97 Å². The van der Waals surface area contributed by atoms with E-state index in [1.807, 2.05) is 0 Å². The van der Waals surface area contributed by atoms with E-state index in [2.05, 4.69) is 9.97 Å². The summed E-state index contributed by atoms with van der Waals surface area (Å²) >= 11 is 0. The van der Waals surface area contributed by atoms with Crippen LogP contribution in [0.2, 0.25) is 0 Å². The standard InChI is InChI=1S/C14H16N4O3/c1-14(2,13(20)21)17(3)12(19)10-4-5-11(16-8-10)18-7-6-15-9-18/h4-9H,1-3H3,(H,20,21). The number of nitrogens with zero attached hydrogens (tertiary/aromatic N) is 4. The molecule has 0 fully saturated rings. The van der Waals surface area contributed by atoms with E-state index < -0.39 is 17.4 Å². The first-order valence-corrected chi connectivity index (χ1v) is 6.30. The largest absolute Gasteiger partial charge is 0.480 e. The molecule has 0 spiro atoms. The van der Waals surface area contributed by atoms with E-state index in [0.29, 0.717) is 11.4 Å². The van der Waals surface area contributed by atoms with Crippen molar-refractivity contribution in [2.75, 3.05) is 7.05 Å². The van der Waals surface area contributed by atoms with Crippen LogP contribution in [0.3, 0.4) is 0 Å². The predicted molar refractivity (Wildman–Crippen MR) is 75.2 cm³/mol. The number of hydrogen-bond acceptors (Lipinski definition) is 4. The molecule has 0 aliphatic carbocycles. The number of carboxylic acids is 1. The molecule has 0 radical (unpaired) electrons. The second-order valence-corrected chi connectivity index (χ2v) is 5.10. The van der Waals surface area contributed by atoms with E-state index in [1.54, 1.807) is 35.4 Å². The van der Waals surface area contributed by atoms with E-state index in [4.69, 9.17) is 5.11 Å². The molecule has 7 heteroatoms. The van der Waals surface area contributed by atoms with Crippen molar-refractivity contribution in [3.8, 4) is 5.82 Å². The van der Waals surface area contributed by atoms with Crippen LogP contribution in [0.5, 0.6) is 0 Å². The van der Waals surface area contributed by atoms with Gasteiger partial charge in [0.05, 0.1) is 5.56 Å². The highest BCUT2D eigenvalue weighted by molar-refractivity contribution is 5.97. The summed E-state index contributed by atoms with van der Waals surface area (Å²) in [6.07, 6.45) is 6.39. The fourth-order valence-electron chi connectivity index (χ4n) is 1.65. The summed E-state index contributed by atoms with van der Waals surface area (Å²) in [5, 5.41) is 9.16. The minimum Gasteiger partial charge on any atom is -0.480 e. The lowest BCUT2D eigenvalue weighted by Gasteiger charge is -2.31. The Balaban J connectivity index is 2.23. The summed E-state index contributed by atoms with van der Waals surface area (Å²) in [6.45, 7) is 2.95. The van der Waals surface area contributed by atoms with Gasteiger partial charge in [0.15, 0.2) is 0 Å². The summed E-state index contributed by atoms with van der Waals surface area (Å²) in [6, 6.07) is 3.29. The van der Waals surface area contributed by atoms with Crippen LogP contribution in [0, 0.1) is 0 Å². The van der Waals surface area contributed by atoms with E-state index >= 15 is 0 Å². The first-order chi connectivity index (χ1) is 9.84. The van der Waals surface area contributed by atoms with Gasteiger partial charge in [-0.05, 0) is 26.0 Å². The molecule has 21 heavy (non-hydrogen) atoms. The molecule has 0 aliphatic rings. The molecule has 110 valence electrons. The molecule has 0 atom stereocenters. The molecule has 2 aromatic heterocycles. The van der Waals surface area contributed by atoms with E-state index in [-0.39, 0.29) is 0 Å². The van der Waals surface area contributed by atoms with Crippen molar-refractivity contribution in [2.24, 2.45) is 0 Å². The number of aliphatic carboxylic acids is 1. The van der Waals surface area contributed by atoms with E-state index in [1.165, 1.54) is 32.0 Å². The maximum Gasteiger partial charge on any atom is 0.329 e. The summed E-state index contributed by atoms with van der Waals surface area (Å²) in [7, 11) is 1.46. The Hall–Kier alpha value is -2.70. The monoisotopic (exact) mass is 288 g/mol. The Labute approximate surface area is 121 Å². The molecule has 0 aromatic carbocycles. The van der Waals surface area contributed by atoms with Crippen LogP contribution in [0.4, 0.5) is 0 Å². The average molecular weight is 288 g/mol. The molecule has 1 amide bonds. The molecular weight excluding hydrogens is 272 g/mol. The fourth-order valence-corrected chi connectivity index (χ4v) is 1.65. The van der Waals surface area contributed by atoms with Crippen molar-refractivity contribution in [1.29, 1.82) is 0 Å². The van der Waals surface area contributed by atoms with Gasteiger partial charge in [0, 0.05) is 25.6 Å². The normalized spacial score (nSPS) is 11.2. The minimum atomic E-state index is -1.29. The Bertz CT molecular complexity index is 647. The van der Waals surface area contributed by atoms with Gasteiger partial charge in [-0.25, -0.2) is 14.8 Å². The third-order valence-electron chi connectivity index (χ3n) is 3.43. The molecule has 0 aliphatic heterocycles. The Kier molecular flexibility index (Phi) is 3.75. The van der Waals surface area contributed by atoms with Gasteiger partial charge in [-0.2, -0.15) is 0 Å². The van der Waals surface area contributed by atoms with Crippen LogP contribution in [0.1, 0.15) is 24.2 Å². The zero-order valence-electron chi connectivity index (χ0n) is 12.0. The summed E-state index contributed by atoms with van der Waals surface area (Å²) in [5.74, 6) is -0.836.